The third-order valence-corrected chi connectivity index (χ3v) is 3.72. The van der Waals surface area contributed by atoms with Gasteiger partial charge in [0.25, 0.3) is 11.6 Å². The lowest BCUT2D eigenvalue weighted by atomic mass is 10.1. The van der Waals surface area contributed by atoms with E-state index in [1.54, 1.807) is 5.32 Å². The van der Waals surface area contributed by atoms with E-state index in [1.165, 1.54) is 25.1 Å². The fraction of sp³-hybridized carbons (Fsp3) is 0.188. The summed E-state index contributed by atoms with van der Waals surface area (Å²) in [7, 11) is 0. The summed E-state index contributed by atoms with van der Waals surface area (Å²) in [6, 6.07) is 5.64. The molecule has 0 aliphatic carbocycles. The van der Waals surface area contributed by atoms with E-state index in [1.807, 2.05) is 0 Å². The van der Waals surface area contributed by atoms with E-state index in [4.69, 9.17) is 11.6 Å². The van der Waals surface area contributed by atoms with E-state index in [9.17, 15) is 32.5 Å². The standard InChI is InChI=1S/C16H12ClF4N3O3/c1-8-4-13(23-9-2-3-12(18)11(17)5-9)10(6-14(8)24(26)27)15(25)22-7-16(19,20)21/h2-6,23H,7H2,1H3,(H,22,25). The van der Waals surface area contributed by atoms with Crippen molar-refractivity contribution in [1.29, 1.82) is 0 Å². The molecule has 0 spiro atoms. The number of halogens is 5. The van der Waals surface area contributed by atoms with Crippen molar-refractivity contribution in [3.05, 3.63) is 62.4 Å². The first kappa shape index (κ1) is 20.4. The summed E-state index contributed by atoms with van der Waals surface area (Å²) >= 11 is 5.67. The minimum absolute atomic E-state index is 0.000416. The molecule has 0 aromatic heterocycles. The molecule has 0 fully saturated rings. The summed E-state index contributed by atoms with van der Waals surface area (Å²) in [5.41, 5.74) is -0.408. The summed E-state index contributed by atoms with van der Waals surface area (Å²) in [6.45, 7) is -0.201. The summed E-state index contributed by atoms with van der Waals surface area (Å²) in [6.07, 6.45) is -4.65. The fourth-order valence-electron chi connectivity index (χ4n) is 2.19. The van der Waals surface area contributed by atoms with Gasteiger partial charge in [-0.1, -0.05) is 11.6 Å². The summed E-state index contributed by atoms with van der Waals surface area (Å²) in [5.74, 6) is -1.85. The van der Waals surface area contributed by atoms with Gasteiger partial charge in [0.2, 0.25) is 0 Å². The zero-order valence-electron chi connectivity index (χ0n) is 13.7. The molecular weight excluding hydrogens is 394 g/mol. The van der Waals surface area contributed by atoms with Crippen LogP contribution in [0.2, 0.25) is 5.02 Å². The second-order valence-corrected chi connectivity index (χ2v) is 5.90. The molecule has 27 heavy (non-hydrogen) atoms. The van der Waals surface area contributed by atoms with Crippen LogP contribution in [0.15, 0.2) is 30.3 Å². The van der Waals surface area contributed by atoms with Crippen molar-refractivity contribution in [2.24, 2.45) is 0 Å². The first-order chi connectivity index (χ1) is 12.5. The van der Waals surface area contributed by atoms with Crippen molar-refractivity contribution in [2.75, 3.05) is 11.9 Å². The minimum atomic E-state index is -4.65. The Labute approximate surface area is 155 Å². The number of alkyl halides is 3. The molecule has 0 aliphatic heterocycles. The molecule has 2 aromatic carbocycles. The number of nitrogens with zero attached hydrogens (tertiary/aromatic N) is 1. The van der Waals surface area contributed by atoms with Crippen LogP contribution in [0.1, 0.15) is 15.9 Å². The van der Waals surface area contributed by atoms with E-state index in [2.05, 4.69) is 5.32 Å². The Morgan fingerprint density at radius 2 is 1.93 bits per heavy atom. The molecule has 6 nitrogen and oxygen atoms in total. The van der Waals surface area contributed by atoms with Crippen LogP contribution in [0.3, 0.4) is 0 Å². The molecule has 0 unspecified atom stereocenters. The van der Waals surface area contributed by atoms with Gasteiger partial charge in [0.1, 0.15) is 12.4 Å². The molecule has 2 rings (SSSR count). The lowest BCUT2D eigenvalue weighted by Crippen LogP contribution is -2.34. The van der Waals surface area contributed by atoms with Gasteiger partial charge in [-0.3, -0.25) is 14.9 Å². The van der Waals surface area contributed by atoms with Crippen molar-refractivity contribution in [1.82, 2.24) is 5.32 Å². The number of hydrogen-bond acceptors (Lipinski definition) is 4. The summed E-state index contributed by atoms with van der Waals surface area (Å²) in [4.78, 5) is 22.5. The van der Waals surface area contributed by atoms with Gasteiger partial charge in [0.15, 0.2) is 0 Å². The number of rotatable bonds is 5. The second-order valence-electron chi connectivity index (χ2n) is 5.49. The predicted molar refractivity (Wildman–Crippen MR) is 90.9 cm³/mol. The molecule has 1 amide bonds. The normalized spacial score (nSPS) is 11.2. The fourth-order valence-corrected chi connectivity index (χ4v) is 2.37. The first-order valence-corrected chi connectivity index (χ1v) is 7.72. The number of nitrogens with one attached hydrogen (secondary N) is 2. The van der Waals surface area contributed by atoms with Gasteiger partial charge in [-0.05, 0) is 31.2 Å². The lowest BCUT2D eigenvalue weighted by Gasteiger charge is -2.15. The van der Waals surface area contributed by atoms with Gasteiger partial charge < -0.3 is 10.6 Å². The molecule has 144 valence electrons. The predicted octanol–water partition coefficient (Wildman–Crippen LogP) is 4.73. The van der Waals surface area contributed by atoms with E-state index in [0.717, 1.165) is 12.1 Å². The van der Waals surface area contributed by atoms with Crippen LogP contribution in [0, 0.1) is 22.9 Å². The lowest BCUT2D eigenvalue weighted by molar-refractivity contribution is -0.385. The molecule has 0 saturated carbocycles. The monoisotopic (exact) mass is 405 g/mol. The molecule has 0 bridgehead atoms. The van der Waals surface area contributed by atoms with Crippen molar-refractivity contribution < 1.29 is 27.3 Å². The summed E-state index contributed by atoms with van der Waals surface area (Å²) < 4.78 is 50.3. The van der Waals surface area contributed by atoms with E-state index < -0.39 is 35.1 Å². The zero-order valence-corrected chi connectivity index (χ0v) is 14.4. The van der Waals surface area contributed by atoms with Crippen LogP contribution < -0.4 is 10.6 Å². The van der Waals surface area contributed by atoms with Gasteiger partial charge in [-0.25, -0.2) is 4.39 Å². The van der Waals surface area contributed by atoms with Gasteiger partial charge in [-0.2, -0.15) is 13.2 Å². The maximum atomic E-state index is 13.3. The number of nitro benzene ring substituents is 1. The largest absolute Gasteiger partial charge is 0.405 e. The maximum Gasteiger partial charge on any atom is 0.405 e. The van der Waals surface area contributed by atoms with Gasteiger partial charge in [-0.15, -0.1) is 0 Å². The minimum Gasteiger partial charge on any atom is -0.355 e. The topological polar surface area (TPSA) is 84.3 Å². The average Bonchev–Trinajstić information content (AvgIpc) is 2.55. The maximum absolute atomic E-state index is 13.3. The second kappa shape index (κ2) is 7.78. The van der Waals surface area contributed by atoms with Crippen molar-refractivity contribution >= 4 is 34.6 Å². The molecule has 0 aliphatic rings. The number of carbonyl (C=O) groups excluding carboxylic acids is 1. The third kappa shape index (κ3) is 5.30. The van der Waals surface area contributed by atoms with Crippen molar-refractivity contribution in [3.63, 3.8) is 0 Å². The van der Waals surface area contributed by atoms with Gasteiger partial charge >= 0.3 is 6.18 Å². The smallest absolute Gasteiger partial charge is 0.355 e. The Bertz CT molecular complexity index is 903. The number of carbonyl (C=O) groups is 1. The van der Waals surface area contributed by atoms with E-state index in [0.29, 0.717) is 0 Å². The molecule has 11 heteroatoms. The summed E-state index contributed by atoms with van der Waals surface area (Å²) in [5, 5.41) is 15.2. The third-order valence-electron chi connectivity index (χ3n) is 3.43. The highest BCUT2D eigenvalue weighted by molar-refractivity contribution is 6.31. The first-order valence-electron chi connectivity index (χ1n) is 7.34. The van der Waals surface area contributed by atoms with Crippen LogP contribution in [-0.2, 0) is 0 Å². The molecular formula is C16H12ClF4N3O3. The number of nitro groups is 1. The van der Waals surface area contributed by atoms with Gasteiger partial charge in [0.05, 0.1) is 21.2 Å². The molecule has 0 heterocycles. The van der Waals surface area contributed by atoms with Crippen molar-refractivity contribution in [2.45, 2.75) is 13.1 Å². The van der Waals surface area contributed by atoms with E-state index >= 15 is 0 Å². The van der Waals surface area contributed by atoms with Crippen molar-refractivity contribution in [3.8, 4) is 0 Å². The van der Waals surface area contributed by atoms with Crippen LogP contribution in [0.5, 0.6) is 0 Å². The highest BCUT2D eigenvalue weighted by Crippen LogP contribution is 2.30. The molecule has 0 radical (unpaired) electrons. The Hall–Kier alpha value is -2.88. The SMILES string of the molecule is Cc1cc(Nc2ccc(F)c(Cl)c2)c(C(=O)NCC(F)(F)F)cc1[N+](=O)[O-]. The van der Waals surface area contributed by atoms with Crippen LogP contribution >= 0.6 is 11.6 Å². The molecule has 0 atom stereocenters. The number of aryl methyl sites for hydroxylation is 1. The Morgan fingerprint density at radius 1 is 1.26 bits per heavy atom. The van der Waals surface area contributed by atoms with Crippen LogP contribution in [-0.4, -0.2) is 23.6 Å². The molecule has 2 aromatic rings. The quantitative estimate of drug-likeness (QED) is 0.428. The number of hydrogen-bond donors (Lipinski definition) is 2. The number of amides is 1. The van der Waals surface area contributed by atoms with Gasteiger partial charge in [0, 0.05) is 17.3 Å². The highest BCUT2D eigenvalue weighted by Gasteiger charge is 2.29. The van der Waals surface area contributed by atoms with Crippen LogP contribution in [0.25, 0.3) is 0 Å². The average molecular weight is 406 g/mol. The zero-order chi connectivity index (χ0) is 20.4. The highest BCUT2D eigenvalue weighted by atomic mass is 35.5. The molecule has 0 saturated heterocycles. The van der Waals surface area contributed by atoms with E-state index in [-0.39, 0.29) is 27.5 Å². The number of anilines is 2. The Morgan fingerprint density at radius 3 is 2.48 bits per heavy atom. The Balaban J connectivity index is 2.44. The Kier molecular flexibility index (Phi) is 5.89. The molecule has 2 N–H and O–H groups in total. The number of benzene rings is 2. The van der Waals surface area contributed by atoms with Crippen LogP contribution in [0.4, 0.5) is 34.6 Å².